The van der Waals surface area contributed by atoms with Crippen molar-refractivity contribution in [2.24, 2.45) is 0 Å². The van der Waals surface area contributed by atoms with Gasteiger partial charge in [0.15, 0.2) is 0 Å². The van der Waals surface area contributed by atoms with Gasteiger partial charge >= 0.3 is 6.03 Å². The fourth-order valence-electron chi connectivity index (χ4n) is 0.925. The van der Waals surface area contributed by atoms with Crippen LogP contribution in [0.15, 0.2) is 0 Å². The summed E-state index contributed by atoms with van der Waals surface area (Å²) in [6.45, 7) is 10.7. The van der Waals surface area contributed by atoms with Gasteiger partial charge in [-0.05, 0) is 0 Å². The van der Waals surface area contributed by atoms with Crippen LogP contribution in [0, 0.1) is 0 Å². The molecule has 1 fully saturated rings. The highest BCUT2D eigenvalue weighted by atomic mass is 16.5. The second-order valence-corrected chi connectivity index (χ2v) is 2.15. The third kappa shape index (κ3) is 6.71. The van der Waals surface area contributed by atoms with Crippen LogP contribution >= 0.6 is 0 Å². The summed E-state index contributed by atoms with van der Waals surface area (Å²) in [7, 11) is 1.64. The van der Waals surface area contributed by atoms with E-state index in [1.165, 1.54) is 0 Å². The molecule has 0 unspecified atom stereocenters. The van der Waals surface area contributed by atoms with E-state index in [1.54, 1.807) is 11.9 Å². The first-order chi connectivity index (χ1) is 6.84. The normalized spacial score (nSPS) is 14.2. The number of morpholine rings is 1. The summed E-state index contributed by atoms with van der Waals surface area (Å²) in [5.74, 6) is 0. The Kier molecular flexibility index (Phi) is 13.7. The number of urea groups is 1. The average molecular weight is 204 g/mol. The summed E-state index contributed by atoms with van der Waals surface area (Å²) < 4.78 is 5.07. The maximum Gasteiger partial charge on any atom is 0.317 e. The molecule has 1 rings (SSSR count). The Balaban J connectivity index is 0. The lowest BCUT2D eigenvalue weighted by Gasteiger charge is -2.26. The third-order valence-corrected chi connectivity index (χ3v) is 1.51. The van der Waals surface area contributed by atoms with Gasteiger partial charge in [0.05, 0.1) is 13.2 Å². The third-order valence-electron chi connectivity index (χ3n) is 1.51. The number of nitrogens with zero attached hydrogens (tertiary/aromatic N) is 1. The Morgan fingerprint density at radius 1 is 1.14 bits per heavy atom. The minimum absolute atomic E-state index is 0.0108. The van der Waals surface area contributed by atoms with Crippen LogP contribution in [0.4, 0.5) is 4.79 Å². The van der Waals surface area contributed by atoms with Gasteiger partial charge in [0.1, 0.15) is 0 Å². The SMILES string of the molecule is CC.CC.CNC(=O)N1CCOCC1. The Hall–Kier alpha value is -0.770. The Bertz CT molecular complexity index is 123. The second kappa shape index (κ2) is 12.2. The molecule has 0 aromatic heterocycles. The van der Waals surface area contributed by atoms with Crippen LogP contribution in [0.5, 0.6) is 0 Å². The Labute approximate surface area is 87.6 Å². The molecule has 1 aliphatic heterocycles. The van der Waals surface area contributed by atoms with Crippen molar-refractivity contribution in [2.45, 2.75) is 27.7 Å². The lowest BCUT2D eigenvalue weighted by Crippen LogP contribution is -2.44. The van der Waals surface area contributed by atoms with Gasteiger partial charge in [0.2, 0.25) is 0 Å². The number of rotatable bonds is 0. The summed E-state index contributed by atoms with van der Waals surface area (Å²) in [5, 5.41) is 2.57. The molecule has 1 N–H and O–H groups in total. The van der Waals surface area contributed by atoms with Crippen molar-refractivity contribution in [3.63, 3.8) is 0 Å². The van der Waals surface area contributed by atoms with E-state index < -0.39 is 0 Å². The van der Waals surface area contributed by atoms with Gasteiger partial charge in [-0.1, -0.05) is 27.7 Å². The Morgan fingerprint density at radius 3 is 1.93 bits per heavy atom. The molecule has 86 valence electrons. The molecule has 0 aromatic rings. The van der Waals surface area contributed by atoms with Crippen LogP contribution in [0.3, 0.4) is 0 Å². The largest absolute Gasteiger partial charge is 0.378 e. The van der Waals surface area contributed by atoms with Gasteiger partial charge in [0, 0.05) is 20.1 Å². The van der Waals surface area contributed by atoms with Crippen molar-refractivity contribution in [1.82, 2.24) is 10.2 Å². The van der Waals surface area contributed by atoms with Gasteiger partial charge < -0.3 is 15.0 Å². The lowest BCUT2D eigenvalue weighted by molar-refractivity contribution is 0.0537. The first-order valence-electron chi connectivity index (χ1n) is 5.39. The topological polar surface area (TPSA) is 41.6 Å². The molecule has 14 heavy (non-hydrogen) atoms. The summed E-state index contributed by atoms with van der Waals surface area (Å²) >= 11 is 0. The lowest BCUT2D eigenvalue weighted by atomic mass is 10.4. The number of carbonyl (C=O) groups excluding carboxylic acids is 1. The maximum absolute atomic E-state index is 10.9. The smallest absolute Gasteiger partial charge is 0.317 e. The van der Waals surface area contributed by atoms with Crippen molar-refractivity contribution in [2.75, 3.05) is 33.4 Å². The molecule has 0 saturated carbocycles. The summed E-state index contributed by atoms with van der Waals surface area (Å²) in [6, 6.07) is -0.0108. The van der Waals surface area contributed by atoms with Crippen molar-refractivity contribution in [1.29, 1.82) is 0 Å². The molecular formula is C10H24N2O2. The predicted molar refractivity (Wildman–Crippen MR) is 59.5 cm³/mol. The first-order valence-corrected chi connectivity index (χ1v) is 5.39. The predicted octanol–water partition coefficient (Wildman–Crippen LogP) is 1.71. The number of amides is 2. The van der Waals surface area contributed by atoms with E-state index in [4.69, 9.17) is 4.74 Å². The molecule has 0 radical (unpaired) electrons. The van der Waals surface area contributed by atoms with Crippen LogP contribution in [-0.2, 0) is 4.74 Å². The van der Waals surface area contributed by atoms with E-state index >= 15 is 0 Å². The van der Waals surface area contributed by atoms with Gasteiger partial charge in [-0.3, -0.25) is 0 Å². The van der Waals surface area contributed by atoms with E-state index in [-0.39, 0.29) is 6.03 Å². The van der Waals surface area contributed by atoms with Crippen LogP contribution in [0.25, 0.3) is 0 Å². The highest BCUT2D eigenvalue weighted by Gasteiger charge is 2.14. The van der Waals surface area contributed by atoms with Crippen molar-refractivity contribution < 1.29 is 9.53 Å². The van der Waals surface area contributed by atoms with Gasteiger partial charge in [0.25, 0.3) is 0 Å². The monoisotopic (exact) mass is 204 g/mol. The fraction of sp³-hybridized carbons (Fsp3) is 0.900. The van der Waals surface area contributed by atoms with Gasteiger partial charge in [-0.15, -0.1) is 0 Å². The van der Waals surface area contributed by atoms with Gasteiger partial charge in [-0.25, -0.2) is 4.79 Å². The molecule has 2 amide bonds. The van der Waals surface area contributed by atoms with Crippen LogP contribution < -0.4 is 5.32 Å². The molecule has 0 bridgehead atoms. The van der Waals surface area contributed by atoms with E-state index in [0.717, 1.165) is 0 Å². The summed E-state index contributed by atoms with van der Waals surface area (Å²) in [5.41, 5.74) is 0. The first kappa shape index (κ1) is 15.7. The molecule has 4 heteroatoms. The zero-order valence-corrected chi connectivity index (χ0v) is 10.1. The van der Waals surface area contributed by atoms with Crippen LogP contribution in [0.1, 0.15) is 27.7 Å². The van der Waals surface area contributed by atoms with Crippen molar-refractivity contribution in [3.8, 4) is 0 Å². The van der Waals surface area contributed by atoms with E-state index in [9.17, 15) is 4.79 Å². The van der Waals surface area contributed by atoms with E-state index in [0.29, 0.717) is 26.3 Å². The standard InChI is InChI=1S/C6H12N2O2.2C2H6/c1-7-6(9)8-2-4-10-5-3-8;2*1-2/h2-5H2,1H3,(H,7,9);2*1-2H3. The minimum Gasteiger partial charge on any atom is -0.378 e. The molecule has 0 atom stereocenters. The number of hydrogen-bond acceptors (Lipinski definition) is 2. The number of ether oxygens (including phenoxy) is 1. The zero-order chi connectivity index (χ0) is 11.4. The van der Waals surface area contributed by atoms with Crippen LogP contribution in [-0.4, -0.2) is 44.3 Å². The molecule has 1 heterocycles. The zero-order valence-electron chi connectivity index (χ0n) is 10.1. The van der Waals surface area contributed by atoms with Crippen molar-refractivity contribution >= 4 is 6.03 Å². The molecule has 0 aliphatic carbocycles. The highest BCUT2D eigenvalue weighted by molar-refractivity contribution is 5.73. The fourth-order valence-corrected chi connectivity index (χ4v) is 0.925. The highest BCUT2D eigenvalue weighted by Crippen LogP contribution is 1.95. The number of carbonyl (C=O) groups is 1. The molecule has 4 nitrogen and oxygen atoms in total. The average Bonchev–Trinajstić information content (AvgIpc) is 2.34. The molecule has 0 spiro atoms. The number of hydrogen-bond donors (Lipinski definition) is 1. The van der Waals surface area contributed by atoms with E-state index in [1.807, 2.05) is 27.7 Å². The summed E-state index contributed by atoms with van der Waals surface area (Å²) in [6.07, 6.45) is 0. The Morgan fingerprint density at radius 2 is 1.57 bits per heavy atom. The number of nitrogens with one attached hydrogen (secondary N) is 1. The van der Waals surface area contributed by atoms with Gasteiger partial charge in [-0.2, -0.15) is 0 Å². The maximum atomic E-state index is 10.9. The molecular weight excluding hydrogens is 180 g/mol. The molecule has 1 aliphatic rings. The van der Waals surface area contributed by atoms with Crippen LogP contribution in [0.2, 0.25) is 0 Å². The minimum atomic E-state index is -0.0108. The quantitative estimate of drug-likeness (QED) is 0.652. The van der Waals surface area contributed by atoms with Crippen molar-refractivity contribution in [3.05, 3.63) is 0 Å². The van der Waals surface area contributed by atoms with E-state index in [2.05, 4.69) is 5.32 Å². The summed E-state index contributed by atoms with van der Waals surface area (Å²) in [4.78, 5) is 12.7. The molecule has 0 aromatic carbocycles. The molecule has 1 saturated heterocycles. The second-order valence-electron chi connectivity index (χ2n) is 2.15.